The molecule has 0 aliphatic heterocycles. The summed E-state index contributed by atoms with van der Waals surface area (Å²) in [6.07, 6.45) is 7.09. The lowest BCUT2D eigenvalue weighted by Crippen LogP contribution is -2.52. The van der Waals surface area contributed by atoms with Crippen LogP contribution in [0.15, 0.2) is 18.5 Å². The Kier molecular flexibility index (Phi) is 2.93. The fraction of sp³-hybridized carbons (Fsp3) is 0.571. The first-order valence-electron chi connectivity index (χ1n) is 6.94. The molecule has 1 fully saturated rings. The average molecular weight is 259 g/mol. The van der Waals surface area contributed by atoms with Crippen molar-refractivity contribution in [1.29, 1.82) is 0 Å². The van der Waals surface area contributed by atoms with Gasteiger partial charge in [-0.25, -0.2) is 9.50 Å². The minimum Gasteiger partial charge on any atom is -0.366 e. The van der Waals surface area contributed by atoms with E-state index >= 15 is 0 Å². The van der Waals surface area contributed by atoms with E-state index < -0.39 is 0 Å². The molecule has 0 amide bonds. The van der Waals surface area contributed by atoms with E-state index in [1.165, 1.54) is 6.42 Å². The first kappa shape index (κ1) is 12.4. The Morgan fingerprint density at radius 3 is 2.89 bits per heavy atom. The van der Waals surface area contributed by atoms with Gasteiger partial charge in [-0.05, 0) is 31.2 Å². The first-order chi connectivity index (χ1) is 9.07. The predicted molar refractivity (Wildman–Crippen MR) is 76.3 cm³/mol. The van der Waals surface area contributed by atoms with Crippen molar-refractivity contribution < 1.29 is 0 Å². The quantitative estimate of drug-likeness (QED) is 0.882. The summed E-state index contributed by atoms with van der Waals surface area (Å²) in [6.45, 7) is 5.07. The summed E-state index contributed by atoms with van der Waals surface area (Å²) < 4.78 is 1.88. The molecule has 0 bridgehead atoms. The molecule has 2 aromatic heterocycles. The fourth-order valence-electron chi connectivity index (χ4n) is 2.43. The molecule has 0 saturated heterocycles. The SMILES string of the molecule is CC(C)c1cc2c(NCC3(N)CCC3)nccn2n1. The Bertz CT molecular complexity index is 583. The molecule has 0 radical (unpaired) electrons. The molecule has 2 heterocycles. The highest BCUT2D eigenvalue weighted by atomic mass is 15.2. The molecular weight excluding hydrogens is 238 g/mol. The van der Waals surface area contributed by atoms with Crippen LogP contribution in [-0.4, -0.2) is 26.7 Å². The monoisotopic (exact) mass is 259 g/mol. The number of rotatable bonds is 4. The molecule has 0 aromatic carbocycles. The highest BCUT2D eigenvalue weighted by Crippen LogP contribution is 2.29. The molecule has 19 heavy (non-hydrogen) atoms. The van der Waals surface area contributed by atoms with Crippen molar-refractivity contribution in [2.24, 2.45) is 5.73 Å². The van der Waals surface area contributed by atoms with Crippen molar-refractivity contribution in [3.63, 3.8) is 0 Å². The number of hydrogen-bond donors (Lipinski definition) is 2. The summed E-state index contributed by atoms with van der Waals surface area (Å²) in [6, 6.07) is 2.10. The Balaban J connectivity index is 1.86. The summed E-state index contributed by atoms with van der Waals surface area (Å²) in [7, 11) is 0. The van der Waals surface area contributed by atoms with Crippen molar-refractivity contribution in [3.8, 4) is 0 Å². The van der Waals surface area contributed by atoms with Crippen LogP contribution >= 0.6 is 0 Å². The molecule has 2 aromatic rings. The molecule has 3 rings (SSSR count). The number of nitrogens with one attached hydrogen (secondary N) is 1. The third-order valence-electron chi connectivity index (χ3n) is 3.96. The van der Waals surface area contributed by atoms with E-state index in [2.05, 4.69) is 35.3 Å². The molecule has 1 aliphatic carbocycles. The third kappa shape index (κ3) is 2.30. The fourth-order valence-corrected chi connectivity index (χ4v) is 2.43. The summed E-state index contributed by atoms with van der Waals surface area (Å²) >= 11 is 0. The number of anilines is 1. The smallest absolute Gasteiger partial charge is 0.152 e. The molecule has 1 saturated carbocycles. The Morgan fingerprint density at radius 1 is 1.47 bits per heavy atom. The van der Waals surface area contributed by atoms with E-state index in [1.54, 1.807) is 6.20 Å². The summed E-state index contributed by atoms with van der Waals surface area (Å²) in [4.78, 5) is 4.41. The van der Waals surface area contributed by atoms with E-state index in [9.17, 15) is 0 Å². The highest BCUT2D eigenvalue weighted by molar-refractivity contribution is 5.68. The minimum atomic E-state index is -0.0462. The van der Waals surface area contributed by atoms with Crippen LogP contribution in [0, 0.1) is 0 Å². The van der Waals surface area contributed by atoms with Crippen molar-refractivity contribution in [1.82, 2.24) is 14.6 Å². The lowest BCUT2D eigenvalue weighted by Gasteiger charge is -2.38. The summed E-state index contributed by atoms with van der Waals surface area (Å²) in [5.74, 6) is 1.29. The van der Waals surface area contributed by atoms with E-state index in [0.29, 0.717) is 5.92 Å². The van der Waals surface area contributed by atoms with Crippen LogP contribution in [0.5, 0.6) is 0 Å². The van der Waals surface area contributed by atoms with Crippen molar-refractivity contribution in [3.05, 3.63) is 24.2 Å². The Labute approximate surface area is 113 Å². The molecular formula is C14H21N5. The van der Waals surface area contributed by atoms with Crippen LogP contribution in [0.3, 0.4) is 0 Å². The van der Waals surface area contributed by atoms with Gasteiger partial charge < -0.3 is 11.1 Å². The van der Waals surface area contributed by atoms with Gasteiger partial charge in [-0.1, -0.05) is 13.8 Å². The number of fused-ring (bicyclic) bond motifs is 1. The van der Waals surface area contributed by atoms with Gasteiger partial charge in [-0.2, -0.15) is 5.10 Å². The summed E-state index contributed by atoms with van der Waals surface area (Å²) in [5, 5.41) is 7.94. The predicted octanol–water partition coefficient (Wildman–Crippen LogP) is 2.15. The van der Waals surface area contributed by atoms with Crippen LogP contribution in [0.4, 0.5) is 5.82 Å². The largest absolute Gasteiger partial charge is 0.366 e. The number of aromatic nitrogens is 3. The van der Waals surface area contributed by atoms with Crippen LogP contribution in [0.1, 0.15) is 44.7 Å². The van der Waals surface area contributed by atoms with Crippen LogP contribution < -0.4 is 11.1 Å². The summed E-state index contributed by atoms with van der Waals surface area (Å²) in [5.41, 5.74) is 8.30. The zero-order valence-electron chi connectivity index (χ0n) is 11.6. The third-order valence-corrected chi connectivity index (χ3v) is 3.96. The van der Waals surface area contributed by atoms with E-state index in [0.717, 1.165) is 36.4 Å². The molecule has 3 N–H and O–H groups in total. The van der Waals surface area contributed by atoms with Crippen LogP contribution in [-0.2, 0) is 0 Å². The number of nitrogens with two attached hydrogens (primary N) is 1. The van der Waals surface area contributed by atoms with Gasteiger partial charge in [0.15, 0.2) is 5.82 Å². The van der Waals surface area contributed by atoms with E-state index in [1.807, 2.05) is 10.7 Å². The molecule has 0 atom stereocenters. The second kappa shape index (κ2) is 4.49. The molecule has 0 spiro atoms. The molecule has 1 aliphatic rings. The maximum atomic E-state index is 6.24. The van der Waals surface area contributed by atoms with Crippen molar-refractivity contribution in [2.45, 2.75) is 44.6 Å². The average Bonchev–Trinajstić information content (AvgIpc) is 2.78. The highest BCUT2D eigenvalue weighted by Gasteiger charge is 2.32. The zero-order chi connectivity index (χ0) is 13.5. The lowest BCUT2D eigenvalue weighted by molar-refractivity contribution is 0.265. The van der Waals surface area contributed by atoms with Crippen molar-refractivity contribution in [2.75, 3.05) is 11.9 Å². The molecule has 102 valence electrons. The normalized spacial score (nSPS) is 17.7. The number of hydrogen-bond acceptors (Lipinski definition) is 4. The van der Waals surface area contributed by atoms with Gasteiger partial charge in [0.2, 0.25) is 0 Å². The van der Waals surface area contributed by atoms with Gasteiger partial charge in [0.05, 0.1) is 5.69 Å². The lowest BCUT2D eigenvalue weighted by atomic mass is 9.78. The second-order valence-electron chi connectivity index (χ2n) is 5.90. The topological polar surface area (TPSA) is 68.2 Å². The van der Waals surface area contributed by atoms with E-state index in [4.69, 9.17) is 5.73 Å². The Morgan fingerprint density at radius 2 is 2.26 bits per heavy atom. The molecule has 5 nitrogen and oxygen atoms in total. The van der Waals surface area contributed by atoms with Gasteiger partial charge in [0.1, 0.15) is 5.52 Å². The zero-order valence-corrected chi connectivity index (χ0v) is 11.6. The van der Waals surface area contributed by atoms with Crippen molar-refractivity contribution >= 4 is 11.3 Å². The van der Waals surface area contributed by atoms with Crippen LogP contribution in [0.25, 0.3) is 5.52 Å². The standard InChI is InChI=1S/C14H21N5/c1-10(2)11-8-12-13(16-6-7-19(12)18-11)17-9-14(15)4-3-5-14/h6-8,10H,3-5,9,15H2,1-2H3,(H,16,17). The van der Waals surface area contributed by atoms with Gasteiger partial charge in [0, 0.05) is 24.5 Å². The van der Waals surface area contributed by atoms with Gasteiger partial charge in [0.25, 0.3) is 0 Å². The second-order valence-corrected chi connectivity index (χ2v) is 5.90. The maximum Gasteiger partial charge on any atom is 0.152 e. The van der Waals surface area contributed by atoms with Gasteiger partial charge >= 0.3 is 0 Å². The van der Waals surface area contributed by atoms with Crippen LogP contribution in [0.2, 0.25) is 0 Å². The van der Waals surface area contributed by atoms with E-state index in [-0.39, 0.29) is 5.54 Å². The number of nitrogens with zero attached hydrogens (tertiary/aromatic N) is 3. The molecule has 0 unspecified atom stereocenters. The first-order valence-corrected chi connectivity index (χ1v) is 6.94. The Hall–Kier alpha value is -1.62. The molecule has 5 heteroatoms. The van der Waals surface area contributed by atoms with Gasteiger partial charge in [-0.15, -0.1) is 0 Å². The maximum absolute atomic E-state index is 6.24. The van der Waals surface area contributed by atoms with Gasteiger partial charge in [-0.3, -0.25) is 0 Å². The minimum absolute atomic E-state index is 0.0462.